The van der Waals surface area contributed by atoms with Crippen LogP contribution in [0.2, 0.25) is 0 Å². The van der Waals surface area contributed by atoms with Gasteiger partial charge in [-0.3, -0.25) is 0 Å². The van der Waals surface area contributed by atoms with Crippen molar-refractivity contribution in [2.24, 2.45) is 11.8 Å². The Kier molecular flexibility index (Phi) is 6.24. The van der Waals surface area contributed by atoms with Gasteiger partial charge in [0.05, 0.1) is 6.10 Å². The largest absolute Gasteiger partial charge is 0.392 e. The van der Waals surface area contributed by atoms with E-state index in [2.05, 4.69) is 47.1 Å². The molecule has 0 bridgehead atoms. The van der Waals surface area contributed by atoms with E-state index in [1.54, 1.807) is 11.8 Å². The molecule has 2 rings (SSSR count). The van der Waals surface area contributed by atoms with E-state index in [0.29, 0.717) is 5.92 Å². The lowest BCUT2D eigenvalue weighted by atomic mass is 9.78. The minimum atomic E-state index is -0.150. The smallest absolute Gasteiger partial charge is 0.0662 e. The van der Waals surface area contributed by atoms with E-state index in [1.807, 2.05) is 0 Å². The fourth-order valence-electron chi connectivity index (χ4n) is 2.90. The van der Waals surface area contributed by atoms with Crippen molar-refractivity contribution in [2.45, 2.75) is 50.0 Å². The summed E-state index contributed by atoms with van der Waals surface area (Å²) >= 11 is 5.21. The first-order chi connectivity index (χ1) is 9.19. The molecule has 0 aromatic heterocycles. The van der Waals surface area contributed by atoms with Crippen LogP contribution in [-0.4, -0.2) is 17.0 Å². The van der Waals surface area contributed by atoms with Gasteiger partial charge in [0.15, 0.2) is 0 Å². The number of aliphatic hydroxyl groups is 1. The van der Waals surface area contributed by atoms with Gasteiger partial charge in [-0.1, -0.05) is 42.1 Å². The average molecular weight is 343 g/mol. The Morgan fingerprint density at radius 2 is 2.05 bits per heavy atom. The predicted molar refractivity (Wildman–Crippen MR) is 86.6 cm³/mol. The van der Waals surface area contributed by atoms with Crippen molar-refractivity contribution < 1.29 is 5.11 Å². The molecule has 1 aromatic carbocycles. The van der Waals surface area contributed by atoms with Crippen molar-refractivity contribution in [1.29, 1.82) is 0 Å². The standard InChI is InChI=1S/C16H23BrOS/c1-2-12-4-3-5-13(10-12)16(18)11-19-15-8-6-14(17)7-9-15/h6-9,12-13,16,18H,2-5,10-11H2,1H3. The third-order valence-corrected chi connectivity index (χ3v) is 5.82. The molecule has 1 saturated carbocycles. The highest BCUT2D eigenvalue weighted by atomic mass is 79.9. The topological polar surface area (TPSA) is 20.2 Å². The summed E-state index contributed by atoms with van der Waals surface area (Å²) in [5, 5.41) is 10.4. The minimum Gasteiger partial charge on any atom is -0.392 e. The predicted octanol–water partition coefficient (Wildman–Crippen LogP) is 5.12. The van der Waals surface area contributed by atoms with Gasteiger partial charge < -0.3 is 5.11 Å². The first-order valence-electron chi connectivity index (χ1n) is 7.25. The van der Waals surface area contributed by atoms with E-state index in [1.165, 1.54) is 37.0 Å². The lowest BCUT2D eigenvalue weighted by Crippen LogP contribution is -2.28. The molecule has 3 heteroatoms. The molecule has 0 saturated heterocycles. The van der Waals surface area contributed by atoms with Crippen LogP contribution in [0.4, 0.5) is 0 Å². The second-order valence-corrected chi connectivity index (χ2v) is 7.54. The van der Waals surface area contributed by atoms with Gasteiger partial charge in [0.2, 0.25) is 0 Å². The molecular formula is C16H23BrOS. The van der Waals surface area contributed by atoms with Crippen molar-refractivity contribution in [3.05, 3.63) is 28.7 Å². The zero-order chi connectivity index (χ0) is 13.7. The van der Waals surface area contributed by atoms with E-state index in [4.69, 9.17) is 0 Å². The molecule has 0 spiro atoms. The van der Waals surface area contributed by atoms with E-state index in [0.717, 1.165) is 16.1 Å². The van der Waals surface area contributed by atoms with Crippen molar-refractivity contribution in [3.63, 3.8) is 0 Å². The average Bonchev–Trinajstić information content (AvgIpc) is 2.46. The van der Waals surface area contributed by atoms with Gasteiger partial charge in [0, 0.05) is 15.1 Å². The van der Waals surface area contributed by atoms with Gasteiger partial charge in [-0.25, -0.2) is 0 Å². The Labute approximate surface area is 129 Å². The van der Waals surface area contributed by atoms with E-state index in [9.17, 15) is 5.11 Å². The molecule has 0 radical (unpaired) electrons. The Bertz CT molecular complexity index is 379. The zero-order valence-electron chi connectivity index (χ0n) is 11.5. The van der Waals surface area contributed by atoms with Crippen LogP contribution in [0.25, 0.3) is 0 Å². The Balaban J connectivity index is 1.80. The van der Waals surface area contributed by atoms with Gasteiger partial charge in [0.25, 0.3) is 0 Å². The number of thioether (sulfide) groups is 1. The van der Waals surface area contributed by atoms with Gasteiger partial charge >= 0.3 is 0 Å². The molecule has 0 heterocycles. The van der Waals surface area contributed by atoms with Crippen LogP contribution in [0.5, 0.6) is 0 Å². The van der Waals surface area contributed by atoms with Crippen LogP contribution in [-0.2, 0) is 0 Å². The SMILES string of the molecule is CCC1CCCC(C(O)CSc2ccc(Br)cc2)C1. The maximum absolute atomic E-state index is 10.4. The number of halogens is 1. The van der Waals surface area contributed by atoms with Crippen molar-refractivity contribution in [3.8, 4) is 0 Å². The lowest BCUT2D eigenvalue weighted by Gasteiger charge is -2.31. The molecule has 19 heavy (non-hydrogen) atoms. The summed E-state index contributed by atoms with van der Waals surface area (Å²) in [6.07, 6.45) is 6.20. The third-order valence-electron chi connectivity index (χ3n) is 4.18. The van der Waals surface area contributed by atoms with Crippen LogP contribution in [0.15, 0.2) is 33.6 Å². The van der Waals surface area contributed by atoms with Crippen LogP contribution in [0.1, 0.15) is 39.0 Å². The summed E-state index contributed by atoms with van der Waals surface area (Å²) < 4.78 is 1.11. The molecule has 1 N–H and O–H groups in total. The highest BCUT2D eigenvalue weighted by molar-refractivity contribution is 9.10. The van der Waals surface area contributed by atoms with Crippen LogP contribution >= 0.6 is 27.7 Å². The van der Waals surface area contributed by atoms with E-state index in [-0.39, 0.29) is 6.10 Å². The molecule has 106 valence electrons. The van der Waals surface area contributed by atoms with Crippen LogP contribution in [0.3, 0.4) is 0 Å². The Morgan fingerprint density at radius 3 is 2.74 bits per heavy atom. The summed E-state index contributed by atoms with van der Waals surface area (Å²) in [7, 11) is 0. The Hall–Kier alpha value is 0.01000. The third kappa shape index (κ3) is 4.80. The second-order valence-electron chi connectivity index (χ2n) is 5.53. The molecule has 1 aromatic rings. The normalized spacial score (nSPS) is 25.2. The highest BCUT2D eigenvalue weighted by Gasteiger charge is 2.26. The summed E-state index contributed by atoms with van der Waals surface area (Å²) in [5.74, 6) is 2.18. The molecule has 0 amide bonds. The first kappa shape index (κ1) is 15.4. The number of hydrogen-bond donors (Lipinski definition) is 1. The van der Waals surface area contributed by atoms with E-state index >= 15 is 0 Å². The molecule has 0 aliphatic heterocycles. The van der Waals surface area contributed by atoms with Gasteiger partial charge in [0.1, 0.15) is 0 Å². The lowest BCUT2D eigenvalue weighted by molar-refractivity contribution is 0.0862. The Morgan fingerprint density at radius 1 is 1.32 bits per heavy atom. The monoisotopic (exact) mass is 342 g/mol. The van der Waals surface area contributed by atoms with Gasteiger partial charge in [-0.15, -0.1) is 11.8 Å². The number of rotatable bonds is 5. The fourth-order valence-corrected chi connectivity index (χ4v) is 4.13. The van der Waals surface area contributed by atoms with Crippen LogP contribution in [0, 0.1) is 11.8 Å². The number of aliphatic hydroxyl groups excluding tert-OH is 1. The highest BCUT2D eigenvalue weighted by Crippen LogP contribution is 2.34. The van der Waals surface area contributed by atoms with Gasteiger partial charge in [-0.05, 0) is 48.9 Å². The van der Waals surface area contributed by atoms with Crippen molar-refractivity contribution in [1.82, 2.24) is 0 Å². The number of benzene rings is 1. The first-order valence-corrected chi connectivity index (χ1v) is 9.03. The number of hydrogen-bond acceptors (Lipinski definition) is 2. The summed E-state index contributed by atoms with van der Waals surface area (Å²) in [6.45, 7) is 2.27. The fraction of sp³-hybridized carbons (Fsp3) is 0.625. The molecule has 1 aliphatic rings. The molecule has 1 fully saturated rings. The molecule has 1 nitrogen and oxygen atoms in total. The van der Waals surface area contributed by atoms with E-state index < -0.39 is 0 Å². The summed E-state index contributed by atoms with van der Waals surface area (Å²) in [6, 6.07) is 8.33. The van der Waals surface area contributed by atoms with Crippen molar-refractivity contribution >= 4 is 27.7 Å². The molecule has 1 aliphatic carbocycles. The molecular weight excluding hydrogens is 320 g/mol. The van der Waals surface area contributed by atoms with Crippen LogP contribution < -0.4 is 0 Å². The summed E-state index contributed by atoms with van der Waals surface area (Å²) in [4.78, 5) is 1.24. The van der Waals surface area contributed by atoms with Crippen molar-refractivity contribution in [2.75, 3.05) is 5.75 Å². The zero-order valence-corrected chi connectivity index (χ0v) is 13.9. The summed E-state index contributed by atoms with van der Waals surface area (Å²) in [5.41, 5.74) is 0. The molecule has 3 unspecified atom stereocenters. The maximum Gasteiger partial charge on any atom is 0.0662 e. The maximum atomic E-state index is 10.4. The minimum absolute atomic E-state index is 0.150. The van der Waals surface area contributed by atoms with Gasteiger partial charge in [-0.2, -0.15) is 0 Å². The second kappa shape index (κ2) is 7.70. The quantitative estimate of drug-likeness (QED) is 0.749. The molecule has 3 atom stereocenters.